The van der Waals surface area contributed by atoms with Crippen molar-refractivity contribution in [2.75, 3.05) is 0 Å². The van der Waals surface area contributed by atoms with E-state index in [-0.39, 0.29) is 6.04 Å². The number of nitrogens with two attached hydrogens (primary N) is 1. The fraction of sp³-hybridized carbons (Fsp3) is 0.500. The molecule has 76 valence electrons. The lowest BCUT2D eigenvalue weighted by atomic mass is 9.98. The number of phenolic OH excluding ortho intramolecular Hbond substituents is 1. The Morgan fingerprint density at radius 2 is 1.79 bits per heavy atom. The van der Waals surface area contributed by atoms with Gasteiger partial charge in [0.15, 0.2) is 0 Å². The molecule has 1 unspecified atom stereocenters. The lowest BCUT2D eigenvalue weighted by molar-refractivity contribution is 0.466. The summed E-state index contributed by atoms with van der Waals surface area (Å²) in [6, 6.07) is 4.17. The van der Waals surface area contributed by atoms with E-state index in [2.05, 4.69) is 0 Å². The van der Waals surface area contributed by atoms with Gasteiger partial charge in [-0.1, -0.05) is 12.1 Å². The first-order valence-corrected chi connectivity index (χ1v) is 5.15. The molecule has 2 nitrogen and oxygen atoms in total. The molecule has 1 saturated carbocycles. The molecule has 1 aliphatic carbocycles. The van der Waals surface area contributed by atoms with E-state index in [4.69, 9.17) is 5.73 Å². The standard InChI is InChI=1S/C12H17NO/c1-7-5-10(6-8(2)12(7)14)11(13)9-3-4-9/h5-6,9,11,14H,3-4,13H2,1-2H3. The molecule has 0 radical (unpaired) electrons. The van der Waals surface area contributed by atoms with Crippen molar-refractivity contribution in [1.82, 2.24) is 0 Å². The van der Waals surface area contributed by atoms with Crippen LogP contribution in [0.2, 0.25) is 0 Å². The van der Waals surface area contributed by atoms with Gasteiger partial charge in [-0.25, -0.2) is 0 Å². The van der Waals surface area contributed by atoms with Gasteiger partial charge in [0.1, 0.15) is 5.75 Å². The predicted octanol–water partition coefficient (Wildman–Crippen LogP) is 2.42. The summed E-state index contributed by atoms with van der Waals surface area (Å²) in [5.41, 5.74) is 9.13. The number of aryl methyl sites for hydroxylation is 2. The molecular weight excluding hydrogens is 174 g/mol. The van der Waals surface area contributed by atoms with Gasteiger partial charge in [-0.05, 0) is 49.3 Å². The molecule has 0 aliphatic heterocycles. The Balaban J connectivity index is 2.34. The van der Waals surface area contributed by atoms with Gasteiger partial charge in [-0.2, -0.15) is 0 Å². The van der Waals surface area contributed by atoms with Crippen LogP contribution in [0, 0.1) is 19.8 Å². The molecule has 0 spiro atoms. The van der Waals surface area contributed by atoms with Gasteiger partial charge < -0.3 is 10.8 Å². The summed E-state index contributed by atoms with van der Waals surface area (Å²) in [7, 11) is 0. The van der Waals surface area contributed by atoms with Crippen LogP contribution >= 0.6 is 0 Å². The Kier molecular flexibility index (Phi) is 2.23. The van der Waals surface area contributed by atoms with E-state index in [0.29, 0.717) is 11.7 Å². The van der Waals surface area contributed by atoms with Gasteiger partial charge in [0.2, 0.25) is 0 Å². The quantitative estimate of drug-likeness (QED) is 0.754. The van der Waals surface area contributed by atoms with Crippen LogP contribution in [0.4, 0.5) is 0 Å². The average molecular weight is 191 g/mol. The van der Waals surface area contributed by atoms with Gasteiger partial charge >= 0.3 is 0 Å². The van der Waals surface area contributed by atoms with Gasteiger partial charge in [0.25, 0.3) is 0 Å². The highest BCUT2D eigenvalue weighted by atomic mass is 16.3. The van der Waals surface area contributed by atoms with Crippen molar-refractivity contribution < 1.29 is 5.11 Å². The Labute approximate surface area is 84.7 Å². The van der Waals surface area contributed by atoms with Gasteiger partial charge in [0.05, 0.1) is 0 Å². The molecule has 2 heteroatoms. The second kappa shape index (κ2) is 3.28. The summed E-state index contributed by atoms with van der Waals surface area (Å²) in [5.74, 6) is 1.06. The van der Waals surface area contributed by atoms with Crippen molar-refractivity contribution in [3.05, 3.63) is 28.8 Å². The van der Waals surface area contributed by atoms with Crippen LogP contribution in [0.1, 0.15) is 35.6 Å². The van der Waals surface area contributed by atoms with Crippen molar-refractivity contribution in [2.24, 2.45) is 11.7 Å². The molecule has 0 aromatic heterocycles. The lowest BCUT2D eigenvalue weighted by Gasteiger charge is -2.13. The van der Waals surface area contributed by atoms with Crippen molar-refractivity contribution in [2.45, 2.75) is 32.7 Å². The lowest BCUT2D eigenvalue weighted by Crippen LogP contribution is -2.12. The minimum absolute atomic E-state index is 0.160. The first-order valence-electron chi connectivity index (χ1n) is 5.15. The Morgan fingerprint density at radius 3 is 2.21 bits per heavy atom. The average Bonchev–Trinajstić information content (AvgIpc) is 2.95. The highest BCUT2D eigenvalue weighted by Crippen LogP contribution is 2.40. The molecule has 1 aromatic rings. The van der Waals surface area contributed by atoms with E-state index in [1.807, 2.05) is 26.0 Å². The third kappa shape index (κ3) is 1.62. The van der Waals surface area contributed by atoms with Crippen LogP contribution in [0.3, 0.4) is 0 Å². The summed E-state index contributed by atoms with van der Waals surface area (Å²) >= 11 is 0. The van der Waals surface area contributed by atoms with E-state index in [9.17, 15) is 5.11 Å². The van der Waals surface area contributed by atoms with Gasteiger partial charge in [-0.15, -0.1) is 0 Å². The van der Waals surface area contributed by atoms with Crippen molar-refractivity contribution in [1.29, 1.82) is 0 Å². The molecule has 1 aromatic carbocycles. The topological polar surface area (TPSA) is 46.2 Å². The molecule has 0 saturated heterocycles. The third-order valence-corrected chi connectivity index (χ3v) is 3.03. The van der Waals surface area contributed by atoms with E-state index >= 15 is 0 Å². The fourth-order valence-corrected chi connectivity index (χ4v) is 1.91. The summed E-state index contributed by atoms with van der Waals surface area (Å²) in [5, 5.41) is 9.63. The summed E-state index contributed by atoms with van der Waals surface area (Å²) in [6.45, 7) is 3.84. The van der Waals surface area contributed by atoms with Crippen LogP contribution < -0.4 is 5.73 Å². The Hall–Kier alpha value is -1.02. The minimum atomic E-state index is 0.160. The third-order valence-electron chi connectivity index (χ3n) is 3.03. The van der Waals surface area contributed by atoms with Crippen molar-refractivity contribution >= 4 is 0 Å². The number of aromatic hydroxyl groups is 1. The van der Waals surface area contributed by atoms with Gasteiger partial charge in [0, 0.05) is 6.04 Å². The summed E-state index contributed by atoms with van der Waals surface area (Å²) in [6.07, 6.45) is 2.50. The molecule has 0 bridgehead atoms. The van der Waals surface area contributed by atoms with E-state index in [1.54, 1.807) is 0 Å². The van der Waals surface area contributed by atoms with E-state index < -0.39 is 0 Å². The Bertz CT molecular complexity index is 332. The van der Waals surface area contributed by atoms with Crippen molar-refractivity contribution in [3.8, 4) is 5.75 Å². The molecule has 0 amide bonds. The number of benzene rings is 1. The zero-order valence-corrected chi connectivity index (χ0v) is 8.75. The maximum Gasteiger partial charge on any atom is 0.121 e. The highest BCUT2D eigenvalue weighted by Gasteiger charge is 2.29. The zero-order valence-electron chi connectivity index (χ0n) is 8.75. The zero-order chi connectivity index (χ0) is 10.3. The number of hydrogen-bond donors (Lipinski definition) is 2. The molecule has 3 N–H and O–H groups in total. The molecule has 0 heterocycles. The second-order valence-electron chi connectivity index (χ2n) is 4.37. The number of phenols is 1. The van der Waals surface area contributed by atoms with E-state index in [1.165, 1.54) is 18.4 Å². The van der Waals surface area contributed by atoms with Crippen LogP contribution in [0.5, 0.6) is 5.75 Å². The minimum Gasteiger partial charge on any atom is -0.507 e. The van der Waals surface area contributed by atoms with Crippen molar-refractivity contribution in [3.63, 3.8) is 0 Å². The predicted molar refractivity (Wildman–Crippen MR) is 57.2 cm³/mol. The van der Waals surface area contributed by atoms with Crippen LogP contribution in [0.25, 0.3) is 0 Å². The summed E-state index contributed by atoms with van der Waals surface area (Å²) in [4.78, 5) is 0. The molecule has 1 fully saturated rings. The smallest absolute Gasteiger partial charge is 0.121 e. The SMILES string of the molecule is Cc1cc(C(N)C2CC2)cc(C)c1O. The van der Waals surface area contributed by atoms with Crippen LogP contribution in [-0.2, 0) is 0 Å². The highest BCUT2D eigenvalue weighted by molar-refractivity contribution is 5.43. The fourth-order valence-electron chi connectivity index (χ4n) is 1.91. The molecular formula is C12H17NO. The van der Waals surface area contributed by atoms with Crippen LogP contribution in [0.15, 0.2) is 12.1 Å². The first kappa shape index (κ1) is 9.53. The monoisotopic (exact) mass is 191 g/mol. The molecule has 14 heavy (non-hydrogen) atoms. The van der Waals surface area contributed by atoms with Crippen LogP contribution in [-0.4, -0.2) is 5.11 Å². The normalized spacial score (nSPS) is 18.2. The molecule has 1 aliphatic rings. The largest absolute Gasteiger partial charge is 0.507 e. The Morgan fingerprint density at radius 1 is 1.29 bits per heavy atom. The molecule has 1 atom stereocenters. The molecule has 2 rings (SSSR count). The maximum absolute atomic E-state index is 9.63. The maximum atomic E-state index is 9.63. The van der Waals surface area contributed by atoms with Gasteiger partial charge in [-0.3, -0.25) is 0 Å². The second-order valence-corrected chi connectivity index (χ2v) is 4.37. The number of rotatable bonds is 2. The summed E-state index contributed by atoms with van der Waals surface area (Å²) < 4.78 is 0. The first-order chi connectivity index (χ1) is 6.59. The number of hydrogen-bond acceptors (Lipinski definition) is 2. The van der Waals surface area contributed by atoms with E-state index in [0.717, 1.165) is 11.1 Å².